The summed E-state index contributed by atoms with van der Waals surface area (Å²) in [7, 11) is 0. The molecule has 222 valence electrons. The molecule has 0 aliphatic carbocycles. The molecule has 0 saturated heterocycles. The zero-order chi connectivity index (χ0) is 27.0. The smallest absolute Gasteiger partial charge is 0.0718 e. The van der Waals surface area contributed by atoms with Gasteiger partial charge in [0.15, 0.2) is 0 Å². The third-order valence-electron chi connectivity index (χ3n) is 6.36. The van der Waals surface area contributed by atoms with Gasteiger partial charge in [0.05, 0.1) is 72.7 Å². The van der Waals surface area contributed by atoms with Gasteiger partial charge in [0.2, 0.25) is 0 Å². The molecule has 0 bridgehead atoms. The topological polar surface area (TPSA) is 55.4 Å². The van der Waals surface area contributed by atoms with Gasteiger partial charge in [0, 0.05) is 6.61 Å². The van der Waals surface area contributed by atoms with Crippen molar-refractivity contribution < 1.29 is 28.4 Å². The normalized spacial score (nSPS) is 11.4. The summed E-state index contributed by atoms with van der Waals surface area (Å²) < 4.78 is 33.3. The number of unbranched alkanes of at least 4 members (excludes halogenated alkanes) is 12. The van der Waals surface area contributed by atoms with Gasteiger partial charge in [-0.3, -0.25) is 0 Å². The van der Waals surface area contributed by atoms with Gasteiger partial charge in [-0.25, -0.2) is 0 Å². The minimum absolute atomic E-state index is 0.565. The Balaban J connectivity index is 1.62. The molecule has 0 amide bonds. The monoisotopic (exact) mass is 538 g/mol. The molecule has 0 heterocycles. The molecular weight excluding hydrogens is 480 g/mol. The van der Waals surface area contributed by atoms with Crippen LogP contribution in [0.2, 0.25) is 0 Å². The molecule has 6 heteroatoms. The van der Waals surface area contributed by atoms with E-state index in [-0.39, 0.29) is 0 Å². The third-order valence-corrected chi connectivity index (χ3v) is 6.36. The fraction of sp³-hybridized carbons (Fsp3) is 0.812. The highest BCUT2D eigenvalue weighted by molar-refractivity contribution is 5.13. The maximum atomic E-state index is 5.66. The Kier molecular flexibility index (Phi) is 28.1. The van der Waals surface area contributed by atoms with Gasteiger partial charge >= 0.3 is 0 Å². The van der Waals surface area contributed by atoms with E-state index in [4.69, 9.17) is 28.4 Å². The van der Waals surface area contributed by atoms with Crippen molar-refractivity contribution >= 4 is 0 Å². The van der Waals surface area contributed by atoms with Gasteiger partial charge in [-0.15, -0.1) is 0 Å². The molecule has 0 aromatic heterocycles. The van der Waals surface area contributed by atoms with Crippen LogP contribution in [0.3, 0.4) is 0 Å². The Bertz CT molecular complexity index is 556. The Hall–Kier alpha value is -1.02. The predicted molar refractivity (Wildman–Crippen MR) is 156 cm³/mol. The van der Waals surface area contributed by atoms with E-state index in [2.05, 4.69) is 19.1 Å². The van der Waals surface area contributed by atoms with Crippen LogP contribution in [0.5, 0.6) is 0 Å². The van der Waals surface area contributed by atoms with E-state index in [1.54, 1.807) is 0 Å². The van der Waals surface area contributed by atoms with Crippen LogP contribution < -0.4 is 0 Å². The first-order valence-corrected chi connectivity index (χ1v) is 15.4. The van der Waals surface area contributed by atoms with Crippen molar-refractivity contribution in [3.05, 3.63) is 35.9 Å². The lowest BCUT2D eigenvalue weighted by Gasteiger charge is -2.08. The maximum Gasteiger partial charge on any atom is 0.0718 e. The van der Waals surface area contributed by atoms with Crippen LogP contribution in [0, 0.1) is 0 Å². The summed E-state index contributed by atoms with van der Waals surface area (Å²) in [5.41, 5.74) is 1.18. The molecule has 0 N–H and O–H groups in total. The van der Waals surface area contributed by atoms with Crippen molar-refractivity contribution in [1.29, 1.82) is 0 Å². The molecule has 0 spiro atoms. The molecule has 38 heavy (non-hydrogen) atoms. The van der Waals surface area contributed by atoms with E-state index in [0.717, 1.165) is 13.0 Å². The summed E-state index contributed by atoms with van der Waals surface area (Å²) in [5, 5.41) is 0. The zero-order valence-corrected chi connectivity index (χ0v) is 24.5. The average molecular weight is 539 g/mol. The van der Waals surface area contributed by atoms with Crippen LogP contribution in [0.15, 0.2) is 30.3 Å². The van der Waals surface area contributed by atoms with Gasteiger partial charge in [-0.05, 0) is 12.0 Å². The van der Waals surface area contributed by atoms with Gasteiger partial charge in [0.25, 0.3) is 0 Å². The summed E-state index contributed by atoms with van der Waals surface area (Å²) in [4.78, 5) is 0. The molecule has 6 nitrogen and oxygen atoms in total. The Morgan fingerprint density at radius 2 is 0.711 bits per heavy atom. The van der Waals surface area contributed by atoms with E-state index >= 15 is 0 Å². The van der Waals surface area contributed by atoms with Crippen molar-refractivity contribution in [2.45, 2.75) is 97.0 Å². The second-order valence-corrected chi connectivity index (χ2v) is 9.84. The van der Waals surface area contributed by atoms with Gasteiger partial charge in [-0.2, -0.15) is 0 Å². The lowest BCUT2D eigenvalue weighted by atomic mass is 10.0. The van der Waals surface area contributed by atoms with Gasteiger partial charge in [0.1, 0.15) is 0 Å². The Morgan fingerprint density at radius 3 is 1.13 bits per heavy atom. The molecule has 0 aliphatic rings. The first-order chi connectivity index (χ1) is 18.9. The van der Waals surface area contributed by atoms with E-state index in [1.165, 1.54) is 82.6 Å². The van der Waals surface area contributed by atoms with E-state index in [0.29, 0.717) is 72.7 Å². The van der Waals surface area contributed by atoms with E-state index in [1.807, 2.05) is 18.2 Å². The minimum atomic E-state index is 0.565. The zero-order valence-electron chi connectivity index (χ0n) is 24.5. The second kappa shape index (κ2) is 30.5. The molecule has 1 aromatic rings. The average Bonchev–Trinajstić information content (AvgIpc) is 2.94. The second-order valence-electron chi connectivity index (χ2n) is 9.84. The maximum absolute atomic E-state index is 5.66. The molecule has 0 fully saturated rings. The van der Waals surface area contributed by atoms with Gasteiger partial charge < -0.3 is 28.4 Å². The van der Waals surface area contributed by atoms with Crippen molar-refractivity contribution in [3.63, 3.8) is 0 Å². The highest BCUT2D eigenvalue weighted by Gasteiger charge is 1.96. The number of benzene rings is 1. The summed E-state index contributed by atoms with van der Waals surface area (Å²) in [6.45, 7) is 9.64. The van der Waals surface area contributed by atoms with Crippen molar-refractivity contribution in [1.82, 2.24) is 0 Å². The quantitative estimate of drug-likeness (QED) is 0.0920. The molecule has 0 aliphatic heterocycles. The van der Waals surface area contributed by atoms with Crippen LogP contribution in [-0.2, 0) is 35.0 Å². The SMILES string of the molecule is CCCCCCCCCCCCCCCOCCOCCOCCOCCOCCOCc1ccccc1. The molecule has 1 aromatic carbocycles. The lowest BCUT2D eigenvalue weighted by molar-refractivity contribution is -0.0178. The summed E-state index contributed by atoms with van der Waals surface area (Å²) >= 11 is 0. The molecular formula is C32H58O6. The summed E-state index contributed by atoms with van der Waals surface area (Å²) in [6.07, 6.45) is 17.9. The Morgan fingerprint density at radius 1 is 0.368 bits per heavy atom. The third kappa shape index (κ3) is 26.6. The molecule has 0 radical (unpaired) electrons. The fourth-order valence-electron chi connectivity index (χ4n) is 4.09. The van der Waals surface area contributed by atoms with Gasteiger partial charge in [-0.1, -0.05) is 114 Å². The van der Waals surface area contributed by atoms with Crippen LogP contribution >= 0.6 is 0 Å². The van der Waals surface area contributed by atoms with Crippen LogP contribution in [0.25, 0.3) is 0 Å². The molecule has 1 rings (SSSR count). The van der Waals surface area contributed by atoms with Crippen LogP contribution in [0.4, 0.5) is 0 Å². The number of hydrogen-bond donors (Lipinski definition) is 0. The van der Waals surface area contributed by atoms with Crippen LogP contribution in [0.1, 0.15) is 96.0 Å². The van der Waals surface area contributed by atoms with Crippen molar-refractivity contribution in [2.24, 2.45) is 0 Å². The number of ether oxygens (including phenoxy) is 6. The molecule has 0 saturated carbocycles. The van der Waals surface area contributed by atoms with E-state index in [9.17, 15) is 0 Å². The van der Waals surface area contributed by atoms with E-state index < -0.39 is 0 Å². The molecule has 0 atom stereocenters. The predicted octanol–water partition coefficient (Wildman–Crippen LogP) is 7.38. The van der Waals surface area contributed by atoms with Crippen molar-refractivity contribution in [3.8, 4) is 0 Å². The number of hydrogen-bond acceptors (Lipinski definition) is 6. The highest BCUT2D eigenvalue weighted by Crippen LogP contribution is 2.12. The first kappa shape index (κ1) is 35.0. The minimum Gasteiger partial charge on any atom is -0.379 e. The molecule has 0 unspecified atom stereocenters. The Labute approximate surface area is 234 Å². The van der Waals surface area contributed by atoms with Crippen molar-refractivity contribution in [2.75, 3.05) is 72.7 Å². The first-order valence-electron chi connectivity index (χ1n) is 15.4. The standard InChI is InChI=1S/C32H58O6/c1-2-3-4-5-6-7-8-9-10-11-12-13-17-20-33-21-22-34-23-24-35-25-26-36-27-28-37-29-30-38-31-32-18-15-14-16-19-32/h14-16,18-19H,2-13,17,20-31H2,1H3. The lowest BCUT2D eigenvalue weighted by Crippen LogP contribution is -2.14. The number of rotatable bonds is 31. The highest BCUT2D eigenvalue weighted by atomic mass is 16.6. The fourth-order valence-corrected chi connectivity index (χ4v) is 4.09. The largest absolute Gasteiger partial charge is 0.379 e. The summed E-state index contributed by atoms with van der Waals surface area (Å²) in [5.74, 6) is 0. The van der Waals surface area contributed by atoms with Crippen LogP contribution in [-0.4, -0.2) is 72.7 Å². The summed E-state index contributed by atoms with van der Waals surface area (Å²) in [6, 6.07) is 10.1.